The number of hydrogen-bond acceptors (Lipinski definition) is 4. The lowest BCUT2D eigenvalue weighted by molar-refractivity contribution is 0.0702. The maximum Gasteiger partial charge on any atom is 0.345 e. The molecule has 164 valence electrons. The molecule has 1 aliphatic heterocycles. The van der Waals surface area contributed by atoms with Crippen LogP contribution in [-0.4, -0.2) is 46.3 Å². The van der Waals surface area contributed by atoms with Crippen LogP contribution in [0.1, 0.15) is 71.5 Å². The largest absolute Gasteiger partial charge is 0.477 e. The molecular formula is C25H35NO3S. The van der Waals surface area contributed by atoms with Gasteiger partial charge in [-0.05, 0) is 75.7 Å². The average Bonchev–Trinajstić information content (AvgIpc) is 3.19. The highest BCUT2D eigenvalue weighted by Gasteiger charge is 2.21. The zero-order chi connectivity index (χ0) is 21.2. The summed E-state index contributed by atoms with van der Waals surface area (Å²) in [6, 6.07) is 14.5. The van der Waals surface area contributed by atoms with E-state index < -0.39 is 5.97 Å². The highest BCUT2D eigenvalue weighted by atomic mass is 32.1. The van der Waals surface area contributed by atoms with E-state index in [0.717, 1.165) is 50.1 Å². The summed E-state index contributed by atoms with van der Waals surface area (Å²) in [7, 11) is 0. The van der Waals surface area contributed by atoms with Gasteiger partial charge in [-0.15, -0.1) is 11.3 Å². The van der Waals surface area contributed by atoms with Crippen molar-refractivity contribution in [1.29, 1.82) is 0 Å². The fourth-order valence-corrected chi connectivity index (χ4v) is 5.38. The SMILES string of the molecule is O=C(O)c1ccc(CCCN2CCCCCC[C@@H]2CC[C@@H](O)Cc2ccccc2)s1. The standard InChI is InChI=1S/C25H35NO3S/c27-22(19-20-9-4-3-5-10-20)14-13-21-11-6-1-2-7-17-26(21)18-8-12-23-15-16-24(30-23)25(28)29/h3-5,9-10,15-16,21-22,27H,1-2,6-8,11-14,17-19H2,(H,28,29)/t21-,22-/m1/s1. The summed E-state index contributed by atoms with van der Waals surface area (Å²) >= 11 is 1.40. The van der Waals surface area contributed by atoms with Crippen LogP contribution in [0.4, 0.5) is 0 Å². The van der Waals surface area contributed by atoms with Gasteiger partial charge in [0.25, 0.3) is 0 Å². The number of likely N-dealkylation sites (tertiary alicyclic amines) is 1. The molecule has 0 saturated carbocycles. The van der Waals surface area contributed by atoms with E-state index in [-0.39, 0.29) is 6.10 Å². The van der Waals surface area contributed by atoms with E-state index in [9.17, 15) is 9.90 Å². The van der Waals surface area contributed by atoms with E-state index in [1.54, 1.807) is 6.07 Å². The van der Waals surface area contributed by atoms with Gasteiger partial charge >= 0.3 is 5.97 Å². The Morgan fingerprint density at radius 3 is 2.67 bits per heavy atom. The van der Waals surface area contributed by atoms with Gasteiger partial charge in [-0.1, -0.05) is 49.6 Å². The van der Waals surface area contributed by atoms with Gasteiger partial charge in [-0.2, -0.15) is 0 Å². The van der Waals surface area contributed by atoms with Crippen LogP contribution in [0.3, 0.4) is 0 Å². The number of aryl methyl sites for hydroxylation is 1. The summed E-state index contributed by atoms with van der Waals surface area (Å²) in [5.74, 6) is -0.829. The lowest BCUT2D eigenvalue weighted by Gasteiger charge is -2.34. The first-order valence-corrected chi connectivity index (χ1v) is 12.2. The molecule has 0 unspecified atom stereocenters. The lowest BCUT2D eigenvalue weighted by Crippen LogP contribution is -2.38. The molecule has 1 aromatic carbocycles. The number of benzene rings is 1. The minimum atomic E-state index is -0.829. The van der Waals surface area contributed by atoms with E-state index in [1.165, 1.54) is 49.0 Å². The van der Waals surface area contributed by atoms with E-state index in [2.05, 4.69) is 17.0 Å². The number of carboxylic acids is 1. The van der Waals surface area contributed by atoms with Crippen molar-refractivity contribution in [3.8, 4) is 0 Å². The maximum atomic E-state index is 11.1. The topological polar surface area (TPSA) is 60.8 Å². The molecule has 30 heavy (non-hydrogen) atoms. The van der Waals surface area contributed by atoms with Gasteiger partial charge in [0.2, 0.25) is 0 Å². The number of rotatable bonds is 10. The lowest BCUT2D eigenvalue weighted by atomic mass is 9.95. The first kappa shape index (κ1) is 23.0. The zero-order valence-corrected chi connectivity index (χ0v) is 18.7. The van der Waals surface area contributed by atoms with Crippen LogP contribution < -0.4 is 0 Å². The molecule has 1 saturated heterocycles. The van der Waals surface area contributed by atoms with E-state index in [0.29, 0.717) is 10.9 Å². The number of carbonyl (C=O) groups is 1. The molecule has 0 spiro atoms. The molecule has 2 atom stereocenters. The van der Waals surface area contributed by atoms with Crippen molar-refractivity contribution in [2.24, 2.45) is 0 Å². The predicted molar refractivity (Wildman–Crippen MR) is 123 cm³/mol. The number of thiophene rings is 1. The molecule has 0 aliphatic carbocycles. The van der Waals surface area contributed by atoms with Crippen LogP contribution in [0.2, 0.25) is 0 Å². The molecule has 0 bridgehead atoms. The van der Waals surface area contributed by atoms with Crippen molar-refractivity contribution in [3.05, 3.63) is 57.8 Å². The van der Waals surface area contributed by atoms with E-state index in [4.69, 9.17) is 5.11 Å². The summed E-state index contributed by atoms with van der Waals surface area (Å²) in [5.41, 5.74) is 1.20. The number of aliphatic hydroxyl groups is 1. The number of nitrogens with zero attached hydrogens (tertiary/aromatic N) is 1. The number of carboxylic acid groups (broad SMARTS) is 1. The molecule has 1 fully saturated rings. The van der Waals surface area contributed by atoms with Crippen molar-refractivity contribution in [2.75, 3.05) is 13.1 Å². The number of aliphatic hydroxyl groups excluding tert-OH is 1. The molecule has 2 aromatic rings. The van der Waals surface area contributed by atoms with Gasteiger partial charge in [-0.25, -0.2) is 4.79 Å². The summed E-state index contributed by atoms with van der Waals surface area (Å²) < 4.78 is 0. The fraction of sp³-hybridized carbons (Fsp3) is 0.560. The van der Waals surface area contributed by atoms with Crippen molar-refractivity contribution in [2.45, 2.75) is 76.4 Å². The maximum absolute atomic E-state index is 11.1. The Bertz CT molecular complexity index is 761. The Morgan fingerprint density at radius 2 is 1.90 bits per heavy atom. The molecule has 5 heteroatoms. The normalized spacial score (nSPS) is 19.2. The Labute approximate surface area is 184 Å². The molecule has 1 aromatic heterocycles. The monoisotopic (exact) mass is 429 g/mol. The second-order valence-electron chi connectivity index (χ2n) is 8.49. The predicted octanol–water partition coefficient (Wildman–Crippen LogP) is 5.40. The Kier molecular flexibility index (Phi) is 9.37. The highest BCUT2D eigenvalue weighted by molar-refractivity contribution is 7.13. The van der Waals surface area contributed by atoms with Gasteiger partial charge in [0, 0.05) is 10.9 Å². The summed E-state index contributed by atoms with van der Waals surface area (Å²) in [6.07, 6.45) is 10.8. The smallest absolute Gasteiger partial charge is 0.345 e. The summed E-state index contributed by atoms with van der Waals surface area (Å²) in [5, 5.41) is 19.7. The fourth-order valence-electron chi connectivity index (χ4n) is 4.49. The van der Waals surface area contributed by atoms with Gasteiger partial charge in [0.05, 0.1) is 6.10 Å². The van der Waals surface area contributed by atoms with Crippen LogP contribution in [0.25, 0.3) is 0 Å². The van der Waals surface area contributed by atoms with Crippen LogP contribution >= 0.6 is 11.3 Å². The molecule has 3 rings (SSSR count). The van der Waals surface area contributed by atoms with Gasteiger partial charge in [0.1, 0.15) is 4.88 Å². The summed E-state index contributed by atoms with van der Waals surface area (Å²) in [6.45, 7) is 2.20. The van der Waals surface area contributed by atoms with Gasteiger partial charge < -0.3 is 15.1 Å². The van der Waals surface area contributed by atoms with Crippen molar-refractivity contribution < 1.29 is 15.0 Å². The summed E-state index contributed by atoms with van der Waals surface area (Å²) in [4.78, 5) is 15.3. The molecule has 1 aliphatic rings. The Hall–Kier alpha value is -1.69. The first-order chi connectivity index (χ1) is 14.6. The molecule has 0 radical (unpaired) electrons. The first-order valence-electron chi connectivity index (χ1n) is 11.4. The Balaban J connectivity index is 1.48. The minimum absolute atomic E-state index is 0.278. The van der Waals surface area contributed by atoms with Gasteiger partial charge in [0.15, 0.2) is 0 Å². The third kappa shape index (κ3) is 7.53. The van der Waals surface area contributed by atoms with Crippen LogP contribution in [0, 0.1) is 0 Å². The van der Waals surface area contributed by atoms with Crippen LogP contribution in [-0.2, 0) is 12.8 Å². The minimum Gasteiger partial charge on any atom is -0.477 e. The van der Waals surface area contributed by atoms with Crippen LogP contribution in [0.15, 0.2) is 42.5 Å². The second-order valence-corrected chi connectivity index (χ2v) is 9.66. The molecular weight excluding hydrogens is 394 g/mol. The molecule has 2 N–H and O–H groups in total. The van der Waals surface area contributed by atoms with E-state index in [1.807, 2.05) is 24.3 Å². The van der Waals surface area contributed by atoms with Gasteiger partial charge in [-0.3, -0.25) is 0 Å². The molecule has 4 nitrogen and oxygen atoms in total. The third-order valence-corrected chi connectivity index (χ3v) is 7.27. The second kappa shape index (κ2) is 12.2. The Morgan fingerprint density at radius 1 is 1.10 bits per heavy atom. The highest BCUT2D eigenvalue weighted by Crippen LogP contribution is 2.23. The average molecular weight is 430 g/mol. The van der Waals surface area contributed by atoms with Crippen molar-refractivity contribution in [1.82, 2.24) is 4.90 Å². The quantitative estimate of drug-likeness (QED) is 0.531. The van der Waals surface area contributed by atoms with Crippen molar-refractivity contribution in [3.63, 3.8) is 0 Å². The van der Waals surface area contributed by atoms with Crippen LogP contribution in [0.5, 0.6) is 0 Å². The number of aromatic carboxylic acids is 1. The van der Waals surface area contributed by atoms with E-state index >= 15 is 0 Å². The molecule has 0 amide bonds. The van der Waals surface area contributed by atoms with Crippen molar-refractivity contribution >= 4 is 17.3 Å². The molecule has 2 heterocycles. The third-order valence-electron chi connectivity index (χ3n) is 6.14. The zero-order valence-electron chi connectivity index (χ0n) is 17.8. The number of hydrogen-bond donors (Lipinski definition) is 2.